The minimum absolute atomic E-state index is 0.913. The van der Waals surface area contributed by atoms with E-state index in [-0.39, 0.29) is 0 Å². The molecule has 2 heterocycles. The molecule has 2 nitrogen and oxygen atoms in total. The van der Waals surface area contributed by atoms with Gasteiger partial charge in [-0.2, -0.15) is 0 Å². The fourth-order valence-corrected chi connectivity index (χ4v) is 6.56. The van der Waals surface area contributed by atoms with Crippen molar-refractivity contribution in [1.29, 1.82) is 0 Å². The number of para-hydroxylation sites is 2. The number of ether oxygens (including phenoxy) is 1. The zero-order valence-corrected chi connectivity index (χ0v) is 21.6. The van der Waals surface area contributed by atoms with E-state index in [1.54, 1.807) is 0 Å². The van der Waals surface area contributed by atoms with Gasteiger partial charge in [-0.15, -0.1) is 0 Å². The van der Waals surface area contributed by atoms with Gasteiger partial charge in [0, 0.05) is 27.4 Å². The van der Waals surface area contributed by atoms with Crippen molar-refractivity contribution in [3.05, 3.63) is 140 Å². The molecular formula is C38H23NO. The highest BCUT2D eigenvalue weighted by molar-refractivity contribution is 6.15. The van der Waals surface area contributed by atoms with Crippen molar-refractivity contribution in [3.63, 3.8) is 0 Å². The van der Waals surface area contributed by atoms with E-state index in [4.69, 9.17) is 4.74 Å². The molecule has 186 valence electrons. The average Bonchev–Trinajstić information content (AvgIpc) is 3.33. The van der Waals surface area contributed by atoms with E-state index in [0.717, 1.165) is 22.7 Å². The van der Waals surface area contributed by atoms with E-state index in [1.807, 2.05) is 12.1 Å². The van der Waals surface area contributed by atoms with Gasteiger partial charge in [-0.25, -0.2) is 0 Å². The van der Waals surface area contributed by atoms with Crippen LogP contribution in [0, 0.1) is 0 Å². The smallest absolute Gasteiger partial charge is 0.135 e. The molecular weight excluding hydrogens is 486 g/mol. The summed E-state index contributed by atoms with van der Waals surface area (Å²) in [4.78, 5) is 0. The lowest BCUT2D eigenvalue weighted by Gasteiger charge is -2.22. The van der Waals surface area contributed by atoms with E-state index in [2.05, 4.69) is 132 Å². The van der Waals surface area contributed by atoms with Gasteiger partial charge in [-0.1, -0.05) is 97.1 Å². The van der Waals surface area contributed by atoms with Gasteiger partial charge < -0.3 is 9.30 Å². The maximum absolute atomic E-state index is 6.36. The van der Waals surface area contributed by atoms with Crippen LogP contribution in [0.3, 0.4) is 0 Å². The number of nitrogens with zero attached hydrogens (tertiary/aromatic N) is 1. The number of benzene rings is 7. The van der Waals surface area contributed by atoms with Crippen LogP contribution < -0.4 is 4.74 Å². The predicted molar refractivity (Wildman–Crippen MR) is 167 cm³/mol. The Balaban J connectivity index is 1.35. The molecule has 0 aliphatic carbocycles. The zero-order valence-electron chi connectivity index (χ0n) is 21.6. The molecule has 0 spiro atoms. The van der Waals surface area contributed by atoms with Crippen LogP contribution >= 0.6 is 0 Å². The van der Waals surface area contributed by atoms with Gasteiger partial charge >= 0.3 is 0 Å². The van der Waals surface area contributed by atoms with Crippen LogP contribution in [0.25, 0.3) is 71.3 Å². The van der Waals surface area contributed by atoms with Crippen molar-refractivity contribution in [2.24, 2.45) is 0 Å². The van der Waals surface area contributed by atoms with Crippen LogP contribution in [0.1, 0.15) is 0 Å². The molecule has 0 radical (unpaired) electrons. The second-order valence-corrected chi connectivity index (χ2v) is 10.6. The van der Waals surface area contributed by atoms with Gasteiger partial charge in [0.25, 0.3) is 0 Å². The summed E-state index contributed by atoms with van der Waals surface area (Å²) in [6.07, 6.45) is 0. The Morgan fingerprint density at radius 2 is 1.18 bits per heavy atom. The van der Waals surface area contributed by atoms with Gasteiger partial charge in [-0.3, -0.25) is 0 Å². The van der Waals surface area contributed by atoms with E-state index in [0.29, 0.717) is 0 Å². The molecule has 1 aliphatic rings. The molecule has 0 saturated carbocycles. The fourth-order valence-electron chi connectivity index (χ4n) is 6.56. The van der Waals surface area contributed by atoms with Gasteiger partial charge in [0.15, 0.2) is 0 Å². The summed E-state index contributed by atoms with van der Waals surface area (Å²) in [7, 11) is 0. The number of rotatable bonds is 2. The van der Waals surface area contributed by atoms with E-state index >= 15 is 0 Å². The Kier molecular flexibility index (Phi) is 4.36. The molecule has 7 aromatic carbocycles. The van der Waals surface area contributed by atoms with E-state index < -0.39 is 0 Å². The van der Waals surface area contributed by atoms with Gasteiger partial charge in [0.2, 0.25) is 0 Å². The molecule has 0 N–H and O–H groups in total. The summed E-state index contributed by atoms with van der Waals surface area (Å²) in [6.45, 7) is 0. The highest BCUT2D eigenvalue weighted by atomic mass is 16.5. The first-order valence-corrected chi connectivity index (χ1v) is 13.7. The molecule has 1 aliphatic heterocycles. The highest BCUT2D eigenvalue weighted by Gasteiger charge is 2.22. The second-order valence-electron chi connectivity index (χ2n) is 10.6. The second kappa shape index (κ2) is 8.08. The van der Waals surface area contributed by atoms with Crippen LogP contribution in [0.15, 0.2) is 140 Å². The van der Waals surface area contributed by atoms with Crippen molar-refractivity contribution < 1.29 is 4.74 Å². The maximum Gasteiger partial charge on any atom is 0.135 e. The first-order valence-electron chi connectivity index (χ1n) is 13.7. The monoisotopic (exact) mass is 509 g/mol. The van der Waals surface area contributed by atoms with Crippen molar-refractivity contribution in [3.8, 4) is 39.4 Å². The SMILES string of the molecule is c1ccc(-n2c3cc(-c4ccc5c6c(cccc46)-c4ccccc4O5)ccc3c3cc4ccccc4cc32)cc1. The summed E-state index contributed by atoms with van der Waals surface area (Å²) >= 11 is 0. The minimum Gasteiger partial charge on any atom is -0.456 e. The third-order valence-electron chi connectivity index (χ3n) is 8.36. The number of hydrogen-bond donors (Lipinski definition) is 0. The van der Waals surface area contributed by atoms with Crippen LogP contribution in [-0.2, 0) is 0 Å². The molecule has 0 fully saturated rings. The molecule has 2 heteroatoms. The van der Waals surface area contributed by atoms with Crippen molar-refractivity contribution in [1.82, 2.24) is 4.57 Å². The van der Waals surface area contributed by atoms with Crippen LogP contribution in [-0.4, -0.2) is 4.57 Å². The Labute approximate surface area is 231 Å². The summed E-state index contributed by atoms with van der Waals surface area (Å²) < 4.78 is 8.77. The van der Waals surface area contributed by atoms with Gasteiger partial charge in [0.1, 0.15) is 11.5 Å². The molecule has 0 unspecified atom stereocenters. The summed E-state index contributed by atoms with van der Waals surface area (Å²) in [5.41, 5.74) is 8.36. The molecule has 0 amide bonds. The van der Waals surface area contributed by atoms with E-state index in [9.17, 15) is 0 Å². The third kappa shape index (κ3) is 2.99. The quantitative estimate of drug-likeness (QED) is 0.226. The topological polar surface area (TPSA) is 14.2 Å². The largest absolute Gasteiger partial charge is 0.456 e. The fraction of sp³-hybridized carbons (Fsp3) is 0. The van der Waals surface area contributed by atoms with Gasteiger partial charge in [0.05, 0.1) is 11.0 Å². The molecule has 0 atom stereocenters. The number of aromatic nitrogens is 1. The van der Waals surface area contributed by atoms with Crippen molar-refractivity contribution in [2.75, 3.05) is 0 Å². The first-order chi connectivity index (χ1) is 19.8. The van der Waals surface area contributed by atoms with Crippen molar-refractivity contribution >= 4 is 43.4 Å². The normalized spacial score (nSPS) is 12.2. The molecule has 0 bridgehead atoms. The molecule has 9 rings (SSSR count). The lowest BCUT2D eigenvalue weighted by molar-refractivity contribution is 0.487. The molecule has 1 aromatic heterocycles. The standard InChI is InChI=1S/C38H23NO/c1-2-11-27(12-3-1)39-34-23-26(17-18-29(34)33-21-24-9-4-5-10-25(24)22-35(33)39)28-19-20-37-38-31(28)14-8-15-32(38)30-13-6-7-16-36(30)40-37/h1-23H. The predicted octanol–water partition coefficient (Wildman–Crippen LogP) is 10.5. The molecule has 8 aromatic rings. The maximum atomic E-state index is 6.36. The highest BCUT2D eigenvalue weighted by Crippen LogP contribution is 2.48. The summed E-state index contributed by atoms with van der Waals surface area (Å²) in [6, 6.07) is 50.1. The van der Waals surface area contributed by atoms with E-state index in [1.165, 1.54) is 60.0 Å². The number of fused-ring (bicyclic) bond motifs is 6. The van der Waals surface area contributed by atoms with Gasteiger partial charge in [-0.05, 0) is 75.3 Å². The Morgan fingerprint density at radius 1 is 0.425 bits per heavy atom. The minimum atomic E-state index is 0.913. The Hall–Kier alpha value is -5.34. The Bertz CT molecular complexity index is 2290. The Morgan fingerprint density at radius 3 is 2.08 bits per heavy atom. The molecule has 40 heavy (non-hydrogen) atoms. The van der Waals surface area contributed by atoms with Crippen LogP contribution in [0.2, 0.25) is 0 Å². The lowest BCUT2D eigenvalue weighted by Crippen LogP contribution is -1.97. The third-order valence-corrected chi connectivity index (χ3v) is 8.36. The van der Waals surface area contributed by atoms with Crippen LogP contribution in [0.5, 0.6) is 11.5 Å². The van der Waals surface area contributed by atoms with Crippen molar-refractivity contribution in [2.45, 2.75) is 0 Å². The molecule has 0 saturated heterocycles. The summed E-state index contributed by atoms with van der Waals surface area (Å²) in [5, 5.41) is 7.42. The van der Waals surface area contributed by atoms with Crippen LogP contribution in [0.4, 0.5) is 0 Å². The first kappa shape index (κ1) is 21.6. The summed E-state index contributed by atoms with van der Waals surface area (Å²) in [5.74, 6) is 1.83. The lowest BCUT2D eigenvalue weighted by atomic mass is 9.90. The average molecular weight is 510 g/mol. The zero-order chi connectivity index (χ0) is 26.2. The number of hydrogen-bond acceptors (Lipinski definition) is 1.